The molecule has 1 N–H and O–H groups in total. The van der Waals surface area contributed by atoms with Crippen LogP contribution in [0, 0.1) is 0 Å². The highest BCUT2D eigenvalue weighted by atomic mass is 16.2. The molecule has 7 nitrogen and oxygen atoms in total. The van der Waals surface area contributed by atoms with Crippen LogP contribution in [0.1, 0.15) is 26.7 Å². The maximum absolute atomic E-state index is 13.0. The van der Waals surface area contributed by atoms with E-state index < -0.39 is 0 Å². The Labute approximate surface area is 163 Å². The molecule has 0 unspecified atom stereocenters. The number of nitrogens with one attached hydrogen (secondary N) is 1. The van der Waals surface area contributed by atoms with Crippen molar-refractivity contribution < 1.29 is 9.59 Å². The first-order valence-corrected chi connectivity index (χ1v) is 9.40. The standard InChI is InChI=1S/C21H23N5O2/c1-24-11-13-25(14-12-24)21(28)19-23-18(17-9-5-6-10-26(17)19)20(27)22-15-16-7-3-2-4-8-16/h2-10H,11-15H2,1H3,(H,22,27). The maximum Gasteiger partial charge on any atom is 0.290 e. The van der Waals surface area contributed by atoms with Gasteiger partial charge in [0.2, 0.25) is 5.82 Å². The van der Waals surface area contributed by atoms with Gasteiger partial charge in [-0.15, -0.1) is 0 Å². The quantitative estimate of drug-likeness (QED) is 0.751. The van der Waals surface area contributed by atoms with Crippen LogP contribution in [0.25, 0.3) is 5.52 Å². The van der Waals surface area contributed by atoms with Gasteiger partial charge >= 0.3 is 0 Å². The minimum atomic E-state index is -0.287. The molecule has 144 valence electrons. The average Bonchev–Trinajstić information content (AvgIpc) is 3.13. The van der Waals surface area contributed by atoms with Crippen LogP contribution >= 0.6 is 0 Å². The molecular formula is C21H23N5O2. The van der Waals surface area contributed by atoms with E-state index >= 15 is 0 Å². The fraction of sp³-hybridized carbons (Fsp3) is 0.286. The Kier molecular flexibility index (Phi) is 5.08. The van der Waals surface area contributed by atoms with Crippen LogP contribution in [0.5, 0.6) is 0 Å². The number of carbonyl (C=O) groups excluding carboxylic acids is 2. The third kappa shape index (κ3) is 3.61. The lowest BCUT2D eigenvalue weighted by Crippen LogP contribution is -2.47. The van der Waals surface area contributed by atoms with E-state index in [0.717, 1.165) is 18.7 Å². The lowest BCUT2D eigenvalue weighted by molar-refractivity contribution is 0.0651. The number of fused-ring (bicyclic) bond motifs is 1. The zero-order valence-corrected chi connectivity index (χ0v) is 15.8. The van der Waals surface area contributed by atoms with E-state index in [1.165, 1.54) is 0 Å². The van der Waals surface area contributed by atoms with E-state index in [1.54, 1.807) is 15.5 Å². The highest BCUT2D eigenvalue weighted by Crippen LogP contribution is 2.16. The number of imidazole rings is 1. The van der Waals surface area contributed by atoms with E-state index in [-0.39, 0.29) is 23.3 Å². The molecule has 1 aliphatic heterocycles. The fourth-order valence-corrected chi connectivity index (χ4v) is 3.37. The molecule has 2 amide bonds. The molecule has 4 rings (SSSR count). The number of nitrogens with zero attached hydrogens (tertiary/aromatic N) is 4. The van der Waals surface area contributed by atoms with Gasteiger partial charge in [0.05, 0.1) is 5.52 Å². The number of hydrogen-bond acceptors (Lipinski definition) is 4. The van der Waals surface area contributed by atoms with Crippen LogP contribution < -0.4 is 5.32 Å². The first-order valence-electron chi connectivity index (χ1n) is 9.40. The zero-order valence-electron chi connectivity index (χ0n) is 15.8. The highest BCUT2D eigenvalue weighted by Gasteiger charge is 2.26. The molecule has 3 heterocycles. The smallest absolute Gasteiger partial charge is 0.290 e. The van der Waals surface area contributed by atoms with Crippen molar-refractivity contribution in [3.8, 4) is 0 Å². The molecule has 1 saturated heterocycles. The van der Waals surface area contributed by atoms with Crippen molar-refractivity contribution >= 4 is 17.3 Å². The second-order valence-corrected chi connectivity index (χ2v) is 7.00. The molecule has 0 saturated carbocycles. The number of carbonyl (C=O) groups is 2. The molecule has 1 aromatic carbocycles. The molecule has 28 heavy (non-hydrogen) atoms. The maximum atomic E-state index is 13.0. The second-order valence-electron chi connectivity index (χ2n) is 7.00. The highest BCUT2D eigenvalue weighted by molar-refractivity contribution is 6.02. The van der Waals surface area contributed by atoms with Crippen LogP contribution in [0.4, 0.5) is 0 Å². The number of amides is 2. The van der Waals surface area contributed by atoms with Crippen LogP contribution in [-0.4, -0.2) is 64.2 Å². The summed E-state index contributed by atoms with van der Waals surface area (Å²) in [5.74, 6) is -0.147. The number of piperazine rings is 1. The second kappa shape index (κ2) is 7.82. The summed E-state index contributed by atoms with van der Waals surface area (Å²) < 4.78 is 1.71. The Bertz CT molecular complexity index is 990. The van der Waals surface area contributed by atoms with Gasteiger partial charge in [0.1, 0.15) is 0 Å². The van der Waals surface area contributed by atoms with Crippen molar-refractivity contribution in [2.75, 3.05) is 33.2 Å². The zero-order chi connectivity index (χ0) is 19.5. The minimum Gasteiger partial charge on any atom is -0.347 e. The number of rotatable bonds is 4. The molecule has 0 radical (unpaired) electrons. The molecule has 0 atom stereocenters. The molecule has 7 heteroatoms. The Balaban J connectivity index is 1.59. The van der Waals surface area contributed by atoms with Gasteiger partial charge in [0.15, 0.2) is 5.69 Å². The Hall–Kier alpha value is -3.19. The van der Waals surface area contributed by atoms with E-state index in [2.05, 4.69) is 15.2 Å². The molecule has 1 aliphatic rings. The van der Waals surface area contributed by atoms with E-state index in [1.807, 2.05) is 55.6 Å². The van der Waals surface area contributed by atoms with Crippen LogP contribution in [0.2, 0.25) is 0 Å². The first kappa shape index (κ1) is 18.2. The van der Waals surface area contributed by atoms with Gasteiger partial charge in [-0.2, -0.15) is 0 Å². The van der Waals surface area contributed by atoms with Gasteiger partial charge in [0, 0.05) is 38.9 Å². The number of likely N-dealkylation sites (N-methyl/N-ethyl adjacent to an activating group) is 1. The summed E-state index contributed by atoms with van der Waals surface area (Å²) in [6.07, 6.45) is 1.78. The van der Waals surface area contributed by atoms with Gasteiger partial charge in [-0.05, 0) is 24.7 Å². The monoisotopic (exact) mass is 377 g/mol. The summed E-state index contributed by atoms with van der Waals surface area (Å²) in [7, 11) is 2.04. The number of hydrogen-bond donors (Lipinski definition) is 1. The third-order valence-corrected chi connectivity index (χ3v) is 5.04. The van der Waals surface area contributed by atoms with Crippen molar-refractivity contribution in [1.82, 2.24) is 24.5 Å². The Morgan fingerprint density at radius 1 is 1.00 bits per heavy atom. The summed E-state index contributed by atoms with van der Waals surface area (Å²) in [6.45, 7) is 3.39. The molecule has 1 fully saturated rings. The molecule has 3 aromatic rings. The topological polar surface area (TPSA) is 69.9 Å². The number of pyridine rings is 1. The normalized spacial score (nSPS) is 15.0. The predicted octanol–water partition coefficient (Wildman–Crippen LogP) is 1.65. The number of aromatic nitrogens is 2. The molecule has 0 spiro atoms. The van der Waals surface area contributed by atoms with Gasteiger partial charge in [0.25, 0.3) is 11.8 Å². The van der Waals surface area contributed by atoms with E-state index in [9.17, 15) is 9.59 Å². The van der Waals surface area contributed by atoms with Crippen LogP contribution in [0.3, 0.4) is 0 Å². The number of benzene rings is 1. The molecule has 0 aliphatic carbocycles. The predicted molar refractivity (Wildman–Crippen MR) is 106 cm³/mol. The van der Waals surface area contributed by atoms with Crippen molar-refractivity contribution in [2.24, 2.45) is 0 Å². The van der Waals surface area contributed by atoms with Crippen LogP contribution in [-0.2, 0) is 6.54 Å². The Morgan fingerprint density at radius 3 is 2.46 bits per heavy atom. The van der Waals surface area contributed by atoms with E-state index in [0.29, 0.717) is 25.2 Å². The summed E-state index contributed by atoms with van der Waals surface area (Å²) >= 11 is 0. The summed E-state index contributed by atoms with van der Waals surface area (Å²) in [5.41, 5.74) is 1.91. The van der Waals surface area contributed by atoms with E-state index in [4.69, 9.17) is 0 Å². The fourth-order valence-electron chi connectivity index (χ4n) is 3.37. The minimum absolute atomic E-state index is 0.142. The van der Waals surface area contributed by atoms with Crippen molar-refractivity contribution in [3.63, 3.8) is 0 Å². The lowest BCUT2D eigenvalue weighted by Gasteiger charge is -2.31. The van der Waals surface area contributed by atoms with Crippen LogP contribution in [0.15, 0.2) is 54.7 Å². The summed E-state index contributed by atoms with van der Waals surface area (Å²) in [6, 6.07) is 15.2. The Morgan fingerprint density at radius 2 is 1.71 bits per heavy atom. The summed E-state index contributed by atoms with van der Waals surface area (Å²) in [4.78, 5) is 34.2. The van der Waals surface area contributed by atoms with Gasteiger partial charge < -0.3 is 15.1 Å². The van der Waals surface area contributed by atoms with Gasteiger partial charge in [-0.25, -0.2) is 4.98 Å². The summed E-state index contributed by atoms with van der Waals surface area (Å²) in [5, 5.41) is 2.90. The lowest BCUT2D eigenvalue weighted by atomic mass is 10.2. The molecule has 2 aromatic heterocycles. The van der Waals surface area contributed by atoms with Crippen molar-refractivity contribution in [3.05, 3.63) is 71.8 Å². The molecule has 0 bridgehead atoms. The SMILES string of the molecule is CN1CCN(C(=O)c2nc(C(=O)NCc3ccccc3)c3ccccn23)CC1. The third-order valence-electron chi connectivity index (χ3n) is 5.04. The van der Waals surface area contributed by atoms with Gasteiger partial charge in [-0.3, -0.25) is 14.0 Å². The average molecular weight is 377 g/mol. The molecular weight excluding hydrogens is 354 g/mol. The van der Waals surface area contributed by atoms with Gasteiger partial charge in [-0.1, -0.05) is 36.4 Å². The van der Waals surface area contributed by atoms with Crippen molar-refractivity contribution in [1.29, 1.82) is 0 Å². The largest absolute Gasteiger partial charge is 0.347 e. The van der Waals surface area contributed by atoms with Crippen molar-refractivity contribution in [2.45, 2.75) is 6.54 Å². The first-order chi connectivity index (χ1) is 13.6.